The van der Waals surface area contributed by atoms with Gasteiger partial charge >= 0.3 is 5.97 Å². The highest BCUT2D eigenvalue weighted by atomic mass is 32.1. The Morgan fingerprint density at radius 2 is 1.88 bits per heavy atom. The van der Waals surface area contributed by atoms with Gasteiger partial charge in [-0.3, -0.25) is 10.0 Å². The first kappa shape index (κ1) is 12.5. The molecule has 1 aromatic carbocycles. The van der Waals surface area contributed by atoms with Gasteiger partial charge < -0.3 is 5.11 Å². The summed E-state index contributed by atoms with van der Waals surface area (Å²) in [5, 5.41) is 18.4. The quantitative estimate of drug-likeness (QED) is 0.416. The van der Waals surface area contributed by atoms with Gasteiger partial charge in [-0.05, 0) is 12.1 Å². The van der Waals surface area contributed by atoms with Crippen molar-refractivity contribution < 1.29 is 19.9 Å². The maximum absolute atomic E-state index is 11.6. The number of carbonyl (C=O) groups is 2. The average Bonchev–Trinajstić information content (AvgIpc) is 2.29. The molecule has 0 aliphatic heterocycles. The van der Waals surface area contributed by atoms with Crippen LogP contribution < -0.4 is 0 Å². The first-order valence-corrected chi connectivity index (χ1v) is 5.12. The van der Waals surface area contributed by atoms with Crippen molar-refractivity contribution in [1.29, 1.82) is 0 Å². The van der Waals surface area contributed by atoms with Crippen LogP contribution in [-0.4, -0.2) is 39.0 Å². The molecule has 1 rings (SSSR count). The van der Waals surface area contributed by atoms with E-state index in [9.17, 15) is 14.8 Å². The van der Waals surface area contributed by atoms with E-state index in [1.54, 1.807) is 18.2 Å². The third kappa shape index (κ3) is 2.74. The molecule has 86 valence electrons. The van der Waals surface area contributed by atoms with Crippen LogP contribution in [0, 0.1) is 0 Å². The molecule has 0 saturated carbocycles. The van der Waals surface area contributed by atoms with Gasteiger partial charge in [0, 0.05) is 11.3 Å². The van der Waals surface area contributed by atoms with Crippen LogP contribution in [0.25, 0.3) is 0 Å². The van der Waals surface area contributed by atoms with Crippen LogP contribution in [0.3, 0.4) is 0 Å². The number of hydroxylamine groups is 2. The van der Waals surface area contributed by atoms with E-state index >= 15 is 0 Å². The van der Waals surface area contributed by atoms with Crippen molar-refractivity contribution in [2.24, 2.45) is 0 Å². The van der Waals surface area contributed by atoms with E-state index in [0.29, 0.717) is 0 Å². The fourth-order valence-electron chi connectivity index (χ4n) is 1.11. The molecule has 0 unspecified atom stereocenters. The third-order valence-corrected chi connectivity index (χ3v) is 2.33. The molecule has 16 heavy (non-hydrogen) atoms. The van der Waals surface area contributed by atoms with E-state index in [-0.39, 0.29) is 16.4 Å². The highest BCUT2D eigenvalue weighted by Crippen LogP contribution is 2.07. The number of thiol groups is 1. The molecule has 1 atom stereocenters. The predicted molar refractivity (Wildman–Crippen MR) is 59.7 cm³/mol. The van der Waals surface area contributed by atoms with E-state index in [1.165, 1.54) is 12.1 Å². The van der Waals surface area contributed by atoms with Crippen molar-refractivity contribution in [3.05, 3.63) is 35.9 Å². The maximum Gasteiger partial charge on any atom is 0.329 e. The summed E-state index contributed by atoms with van der Waals surface area (Å²) in [4.78, 5) is 22.3. The summed E-state index contributed by atoms with van der Waals surface area (Å²) in [6.45, 7) is 0. The lowest BCUT2D eigenvalue weighted by atomic mass is 10.2. The molecule has 2 N–H and O–H groups in total. The lowest BCUT2D eigenvalue weighted by Gasteiger charge is -2.20. The van der Waals surface area contributed by atoms with E-state index in [4.69, 9.17) is 5.11 Å². The SMILES string of the molecule is O=C(O)[C@H](CS)N(O)C(=O)c1ccccc1. The Bertz CT molecular complexity index is 382. The minimum atomic E-state index is -1.35. The monoisotopic (exact) mass is 241 g/mol. The molecule has 0 aliphatic carbocycles. The molecule has 0 bridgehead atoms. The molecule has 1 aromatic rings. The fourth-order valence-corrected chi connectivity index (χ4v) is 1.43. The number of amides is 1. The predicted octanol–water partition coefficient (Wildman–Crippen LogP) is 0.901. The van der Waals surface area contributed by atoms with Crippen molar-refractivity contribution in [3.63, 3.8) is 0 Å². The molecule has 0 radical (unpaired) electrons. The highest BCUT2D eigenvalue weighted by Gasteiger charge is 2.27. The minimum absolute atomic E-state index is 0.162. The summed E-state index contributed by atoms with van der Waals surface area (Å²) in [5.74, 6) is -2.23. The topological polar surface area (TPSA) is 77.8 Å². The van der Waals surface area contributed by atoms with Crippen LogP contribution in [-0.2, 0) is 4.79 Å². The van der Waals surface area contributed by atoms with Gasteiger partial charge in [0.05, 0.1) is 0 Å². The summed E-state index contributed by atoms with van der Waals surface area (Å²) < 4.78 is 0. The van der Waals surface area contributed by atoms with E-state index in [2.05, 4.69) is 12.6 Å². The zero-order valence-electron chi connectivity index (χ0n) is 8.28. The van der Waals surface area contributed by atoms with Gasteiger partial charge in [-0.1, -0.05) is 18.2 Å². The van der Waals surface area contributed by atoms with Gasteiger partial charge in [0.1, 0.15) is 0 Å². The number of hydrogen-bond donors (Lipinski definition) is 3. The molecular weight excluding hydrogens is 230 g/mol. The number of benzene rings is 1. The number of carbonyl (C=O) groups excluding carboxylic acids is 1. The Balaban J connectivity index is 2.86. The van der Waals surface area contributed by atoms with Crippen LogP contribution >= 0.6 is 12.6 Å². The van der Waals surface area contributed by atoms with Crippen molar-refractivity contribution in [1.82, 2.24) is 5.06 Å². The third-order valence-electron chi connectivity index (χ3n) is 1.98. The highest BCUT2D eigenvalue weighted by molar-refractivity contribution is 7.80. The molecule has 0 heterocycles. The molecular formula is C10H11NO4S. The average molecular weight is 241 g/mol. The number of carboxylic acid groups (broad SMARTS) is 1. The van der Waals surface area contributed by atoms with Crippen molar-refractivity contribution in [3.8, 4) is 0 Å². The number of nitrogens with zero attached hydrogens (tertiary/aromatic N) is 1. The second-order valence-corrected chi connectivity index (χ2v) is 3.42. The minimum Gasteiger partial charge on any atom is -0.480 e. The molecule has 1 amide bonds. The number of rotatable bonds is 4. The largest absolute Gasteiger partial charge is 0.480 e. The van der Waals surface area contributed by atoms with Gasteiger partial charge in [-0.2, -0.15) is 12.6 Å². The molecule has 0 aliphatic rings. The smallest absolute Gasteiger partial charge is 0.329 e. The Hall–Kier alpha value is -1.53. The molecule has 6 heteroatoms. The second-order valence-electron chi connectivity index (χ2n) is 3.05. The van der Waals surface area contributed by atoms with E-state index in [0.717, 1.165) is 0 Å². The zero-order valence-corrected chi connectivity index (χ0v) is 9.17. The Morgan fingerprint density at radius 3 is 2.31 bits per heavy atom. The first-order valence-electron chi connectivity index (χ1n) is 4.49. The normalized spacial score (nSPS) is 11.9. The zero-order chi connectivity index (χ0) is 12.1. The van der Waals surface area contributed by atoms with Crippen LogP contribution in [0.1, 0.15) is 10.4 Å². The number of carboxylic acids is 1. The van der Waals surface area contributed by atoms with Crippen LogP contribution in [0.15, 0.2) is 30.3 Å². The lowest BCUT2D eigenvalue weighted by Crippen LogP contribution is -2.44. The van der Waals surface area contributed by atoms with Crippen LogP contribution in [0.4, 0.5) is 0 Å². The lowest BCUT2D eigenvalue weighted by molar-refractivity contribution is -0.155. The number of aliphatic carboxylic acids is 1. The summed E-state index contributed by atoms with van der Waals surface area (Å²) in [6, 6.07) is 6.59. The van der Waals surface area contributed by atoms with Gasteiger partial charge in [-0.25, -0.2) is 9.86 Å². The molecule has 0 saturated heterocycles. The molecule has 5 nitrogen and oxygen atoms in total. The summed E-state index contributed by atoms with van der Waals surface area (Å²) in [7, 11) is 0. The van der Waals surface area contributed by atoms with Crippen LogP contribution in [0.5, 0.6) is 0 Å². The fraction of sp³-hybridized carbons (Fsp3) is 0.200. The maximum atomic E-state index is 11.6. The first-order chi connectivity index (χ1) is 7.57. The molecule has 0 fully saturated rings. The van der Waals surface area contributed by atoms with Gasteiger partial charge in [-0.15, -0.1) is 0 Å². The Labute approximate surface area is 97.7 Å². The van der Waals surface area contributed by atoms with Crippen LogP contribution in [0.2, 0.25) is 0 Å². The Kier molecular flexibility index (Phi) is 4.33. The van der Waals surface area contributed by atoms with Gasteiger partial charge in [0.2, 0.25) is 0 Å². The number of hydrogen-bond acceptors (Lipinski definition) is 4. The van der Waals surface area contributed by atoms with Crippen molar-refractivity contribution >= 4 is 24.5 Å². The summed E-state index contributed by atoms with van der Waals surface area (Å²) in [5.41, 5.74) is 0.220. The molecule has 0 spiro atoms. The standard InChI is InChI=1S/C10H11NO4S/c12-9(7-4-2-1-3-5-7)11(15)8(6-16)10(13)14/h1-5,8,15-16H,6H2,(H,13,14)/t8-/m0/s1. The van der Waals surface area contributed by atoms with Crippen molar-refractivity contribution in [2.75, 3.05) is 5.75 Å². The summed E-state index contributed by atoms with van der Waals surface area (Å²) >= 11 is 3.77. The van der Waals surface area contributed by atoms with Crippen molar-refractivity contribution in [2.45, 2.75) is 6.04 Å². The Morgan fingerprint density at radius 1 is 1.31 bits per heavy atom. The van der Waals surface area contributed by atoms with E-state index in [1.807, 2.05) is 0 Å². The van der Waals surface area contributed by atoms with Gasteiger partial charge in [0.25, 0.3) is 5.91 Å². The second kappa shape index (κ2) is 5.53. The van der Waals surface area contributed by atoms with E-state index < -0.39 is 17.9 Å². The summed E-state index contributed by atoms with van der Waals surface area (Å²) in [6.07, 6.45) is 0. The molecule has 0 aromatic heterocycles. The van der Waals surface area contributed by atoms with Gasteiger partial charge in [0.15, 0.2) is 6.04 Å².